The highest BCUT2D eigenvalue weighted by atomic mass is 16.7. The van der Waals surface area contributed by atoms with Crippen molar-refractivity contribution in [2.45, 2.75) is 275 Å². The van der Waals surface area contributed by atoms with Gasteiger partial charge in [0, 0.05) is 6.42 Å². The van der Waals surface area contributed by atoms with Crippen LogP contribution in [0, 0.1) is 0 Å². The lowest BCUT2D eigenvalue weighted by Crippen LogP contribution is -2.60. The molecule has 1 rings (SSSR count). The van der Waals surface area contributed by atoms with Crippen molar-refractivity contribution in [3.63, 3.8) is 0 Å². The number of hydrogen-bond donors (Lipinski definition) is 6. The third kappa shape index (κ3) is 31.2. The van der Waals surface area contributed by atoms with E-state index in [1.54, 1.807) is 0 Å². The van der Waals surface area contributed by atoms with E-state index < -0.39 is 49.5 Å². The van der Waals surface area contributed by atoms with Gasteiger partial charge in [-0.3, -0.25) is 4.79 Å². The van der Waals surface area contributed by atoms with Crippen LogP contribution >= 0.6 is 0 Å². The first-order valence-electron chi connectivity index (χ1n) is 25.0. The number of rotatable bonds is 42. The van der Waals surface area contributed by atoms with Crippen molar-refractivity contribution in [3.05, 3.63) is 24.3 Å². The molecule has 59 heavy (non-hydrogen) atoms. The first-order valence-corrected chi connectivity index (χ1v) is 25.0. The van der Waals surface area contributed by atoms with Crippen LogP contribution in [0.5, 0.6) is 0 Å². The molecule has 348 valence electrons. The quantitative estimate of drug-likeness (QED) is 0.0263. The fourth-order valence-electron chi connectivity index (χ4n) is 8.01. The van der Waals surface area contributed by atoms with Crippen LogP contribution in [-0.4, -0.2) is 87.5 Å². The number of carbonyl (C=O) groups is 1. The summed E-state index contributed by atoms with van der Waals surface area (Å²) in [5, 5.41) is 54.2. The van der Waals surface area contributed by atoms with Gasteiger partial charge in [-0.05, 0) is 32.1 Å². The van der Waals surface area contributed by atoms with E-state index in [0.717, 1.165) is 25.7 Å². The predicted octanol–water partition coefficient (Wildman–Crippen LogP) is 11.1. The zero-order valence-corrected chi connectivity index (χ0v) is 38.3. The first kappa shape index (κ1) is 55.7. The highest BCUT2D eigenvalue weighted by Gasteiger charge is 2.44. The second-order valence-electron chi connectivity index (χ2n) is 17.6. The summed E-state index contributed by atoms with van der Waals surface area (Å²) in [6.07, 6.45) is 42.4. The normalized spacial score (nSPS) is 20.8. The lowest BCUT2D eigenvalue weighted by Gasteiger charge is -2.40. The van der Waals surface area contributed by atoms with Crippen molar-refractivity contribution < 1.29 is 39.8 Å². The van der Waals surface area contributed by atoms with Crippen LogP contribution in [-0.2, 0) is 14.3 Å². The maximum Gasteiger partial charge on any atom is 0.224 e. The maximum absolute atomic E-state index is 12.9. The van der Waals surface area contributed by atoms with Crippen molar-refractivity contribution in [2.24, 2.45) is 0 Å². The summed E-state index contributed by atoms with van der Waals surface area (Å²) in [6, 6.07) is -0.796. The van der Waals surface area contributed by atoms with E-state index in [2.05, 4.69) is 31.3 Å². The molecule has 0 aliphatic carbocycles. The molecule has 0 aromatic rings. The Morgan fingerprint density at radius 3 is 1.36 bits per heavy atom. The van der Waals surface area contributed by atoms with Gasteiger partial charge in [0.05, 0.1) is 25.4 Å². The second-order valence-corrected chi connectivity index (χ2v) is 17.6. The standard InChI is InChI=1S/C50H95NO8/c1-3-5-7-9-11-13-15-17-18-19-20-21-22-23-24-25-26-28-30-32-34-36-38-40-46(54)51-43(42-58-50-49(57)48(56)47(55)45(41-52)59-50)44(53)39-37-35-33-31-29-27-16-14-12-10-8-6-4-2/h35-38,43-45,47-50,52-53,55-57H,3-34,39-42H2,1-2H3,(H,51,54)/t43-,44+,45+,47+,48?,49?,50+/m0/s1. The molecular weight excluding hydrogens is 743 g/mol. The van der Waals surface area contributed by atoms with Gasteiger partial charge in [-0.15, -0.1) is 0 Å². The Labute approximate surface area is 362 Å². The topological polar surface area (TPSA) is 149 Å². The van der Waals surface area contributed by atoms with Gasteiger partial charge in [0.1, 0.15) is 24.4 Å². The summed E-state index contributed by atoms with van der Waals surface area (Å²) < 4.78 is 11.2. The summed E-state index contributed by atoms with van der Waals surface area (Å²) in [5.74, 6) is -0.249. The molecule has 0 bridgehead atoms. The zero-order chi connectivity index (χ0) is 43.0. The van der Waals surface area contributed by atoms with Crippen LogP contribution in [0.4, 0.5) is 0 Å². The Morgan fingerprint density at radius 2 is 0.949 bits per heavy atom. The van der Waals surface area contributed by atoms with Gasteiger partial charge in [-0.2, -0.15) is 0 Å². The number of aliphatic hydroxyl groups is 5. The Morgan fingerprint density at radius 1 is 0.559 bits per heavy atom. The van der Waals surface area contributed by atoms with E-state index in [0.29, 0.717) is 6.42 Å². The lowest BCUT2D eigenvalue weighted by atomic mass is 9.99. The highest BCUT2D eigenvalue weighted by Crippen LogP contribution is 2.23. The van der Waals surface area contributed by atoms with Gasteiger partial charge in [0.25, 0.3) is 0 Å². The van der Waals surface area contributed by atoms with E-state index in [9.17, 15) is 30.3 Å². The van der Waals surface area contributed by atoms with Gasteiger partial charge >= 0.3 is 0 Å². The first-order chi connectivity index (χ1) is 28.8. The molecule has 1 fully saturated rings. The molecule has 1 aliphatic heterocycles. The van der Waals surface area contributed by atoms with Gasteiger partial charge in [0.2, 0.25) is 5.91 Å². The monoisotopic (exact) mass is 838 g/mol. The molecule has 0 radical (unpaired) electrons. The molecule has 0 aromatic carbocycles. The smallest absolute Gasteiger partial charge is 0.224 e. The van der Waals surface area contributed by atoms with Crippen LogP contribution < -0.4 is 5.32 Å². The van der Waals surface area contributed by atoms with Crippen LogP contribution in [0.3, 0.4) is 0 Å². The van der Waals surface area contributed by atoms with Crippen LogP contribution in [0.1, 0.15) is 232 Å². The van der Waals surface area contributed by atoms with E-state index in [4.69, 9.17) is 9.47 Å². The molecule has 1 heterocycles. The second kappa shape index (κ2) is 40.7. The minimum absolute atomic E-state index is 0.178. The molecule has 0 aromatic heterocycles. The number of carbonyl (C=O) groups excluding carboxylic acids is 1. The Balaban J connectivity index is 2.28. The molecule has 1 aliphatic rings. The molecule has 1 amide bonds. The fourth-order valence-corrected chi connectivity index (χ4v) is 8.01. The van der Waals surface area contributed by atoms with Crippen LogP contribution in [0.25, 0.3) is 0 Å². The molecule has 9 heteroatoms. The number of hydrogen-bond acceptors (Lipinski definition) is 8. The molecule has 0 saturated carbocycles. The van der Waals surface area contributed by atoms with Gasteiger partial charge in [0.15, 0.2) is 6.29 Å². The van der Waals surface area contributed by atoms with E-state index >= 15 is 0 Å². The minimum Gasteiger partial charge on any atom is -0.394 e. The Hall–Kier alpha value is -1.33. The SMILES string of the molecule is CCCCCCCCCCCCC=CC[C@@H](O)[C@H](CO[C@@H]1O[C@H](CO)[C@@H](O)C(O)C1O)NC(=O)CC=CCCCCCCCCCCCCCCCCCCCCCC. The van der Waals surface area contributed by atoms with Gasteiger partial charge in [-0.25, -0.2) is 0 Å². The van der Waals surface area contributed by atoms with E-state index in [1.807, 2.05) is 12.2 Å². The number of ether oxygens (including phenoxy) is 2. The molecule has 0 spiro atoms. The molecule has 1 saturated heterocycles. The molecular formula is C50H95NO8. The molecule has 7 atom stereocenters. The molecule has 6 N–H and O–H groups in total. The predicted molar refractivity (Wildman–Crippen MR) is 244 cm³/mol. The minimum atomic E-state index is -1.57. The van der Waals surface area contributed by atoms with Crippen LogP contribution in [0.15, 0.2) is 24.3 Å². The van der Waals surface area contributed by atoms with Crippen molar-refractivity contribution in [1.82, 2.24) is 5.32 Å². The van der Waals surface area contributed by atoms with Gasteiger partial charge < -0.3 is 40.3 Å². The Bertz CT molecular complexity index is 977. The summed E-state index contributed by atoms with van der Waals surface area (Å²) >= 11 is 0. The number of aliphatic hydroxyl groups excluding tert-OH is 5. The zero-order valence-electron chi connectivity index (χ0n) is 38.3. The van der Waals surface area contributed by atoms with Crippen molar-refractivity contribution in [3.8, 4) is 0 Å². The summed E-state index contributed by atoms with van der Waals surface area (Å²) in [5.41, 5.74) is 0. The van der Waals surface area contributed by atoms with Crippen molar-refractivity contribution >= 4 is 5.91 Å². The number of nitrogens with one attached hydrogen (secondary N) is 1. The maximum atomic E-state index is 12.9. The van der Waals surface area contributed by atoms with Gasteiger partial charge in [-0.1, -0.05) is 218 Å². The third-order valence-electron chi connectivity index (χ3n) is 12.1. The summed E-state index contributed by atoms with van der Waals surface area (Å²) in [7, 11) is 0. The van der Waals surface area contributed by atoms with E-state index in [-0.39, 0.29) is 18.9 Å². The number of allylic oxidation sites excluding steroid dienone is 2. The molecule has 2 unspecified atom stereocenters. The fraction of sp³-hybridized carbons (Fsp3) is 0.900. The van der Waals surface area contributed by atoms with Crippen molar-refractivity contribution in [1.29, 1.82) is 0 Å². The Kier molecular flexibility index (Phi) is 38.4. The molecule has 9 nitrogen and oxygen atoms in total. The van der Waals surface area contributed by atoms with Crippen LogP contribution in [0.2, 0.25) is 0 Å². The van der Waals surface area contributed by atoms with Crippen molar-refractivity contribution in [2.75, 3.05) is 13.2 Å². The summed E-state index contributed by atoms with van der Waals surface area (Å²) in [4.78, 5) is 12.9. The third-order valence-corrected chi connectivity index (χ3v) is 12.1. The average Bonchev–Trinajstić information content (AvgIpc) is 3.23. The lowest BCUT2D eigenvalue weighted by molar-refractivity contribution is -0.302. The number of unbranched alkanes of at least 4 members (excludes halogenated alkanes) is 30. The largest absolute Gasteiger partial charge is 0.394 e. The number of amides is 1. The average molecular weight is 838 g/mol. The summed E-state index contributed by atoms with van der Waals surface area (Å²) in [6.45, 7) is 3.77. The van der Waals surface area contributed by atoms with E-state index in [1.165, 1.54) is 180 Å². The highest BCUT2D eigenvalue weighted by molar-refractivity contribution is 5.77.